The average Bonchev–Trinajstić information content (AvgIpc) is 3.14. The van der Waals surface area contributed by atoms with Gasteiger partial charge in [0.25, 0.3) is 0 Å². The van der Waals surface area contributed by atoms with Gasteiger partial charge in [-0.05, 0) is 31.1 Å². The molecule has 0 aromatic carbocycles. The molecule has 6 nitrogen and oxygen atoms in total. The number of unbranched alkanes of at least 4 members (excludes halogenated alkanes) is 25. The van der Waals surface area contributed by atoms with Crippen molar-refractivity contribution in [3.8, 4) is 0 Å². The maximum Gasteiger partial charge on any atom is 0.306 e. The van der Waals surface area contributed by atoms with E-state index in [1.54, 1.807) is 0 Å². The van der Waals surface area contributed by atoms with E-state index < -0.39 is 6.10 Å². The van der Waals surface area contributed by atoms with E-state index in [4.69, 9.17) is 14.2 Å². The van der Waals surface area contributed by atoms with Crippen molar-refractivity contribution in [2.24, 2.45) is 11.8 Å². The number of ether oxygens (including phenoxy) is 3. The van der Waals surface area contributed by atoms with E-state index in [2.05, 4.69) is 34.6 Å². The van der Waals surface area contributed by atoms with Gasteiger partial charge in [-0.3, -0.25) is 14.4 Å². The molecule has 0 aliphatic carbocycles. The number of carbonyl (C=O) groups is 3. The summed E-state index contributed by atoms with van der Waals surface area (Å²) >= 11 is 0. The Kier molecular flexibility index (Phi) is 38.9. The fourth-order valence-electron chi connectivity index (χ4n) is 6.90. The summed E-state index contributed by atoms with van der Waals surface area (Å²) in [5.41, 5.74) is 0. The van der Waals surface area contributed by atoms with Crippen LogP contribution in [0, 0.1) is 11.8 Å². The van der Waals surface area contributed by atoms with Crippen LogP contribution < -0.4 is 0 Å². The Bertz CT molecular complexity index is 811. The minimum absolute atomic E-state index is 0.0653. The Morgan fingerprint density at radius 2 is 0.717 bits per heavy atom. The lowest BCUT2D eigenvalue weighted by Crippen LogP contribution is -2.30. The zero-order valence-corrected chi connectivity index (χ0v) is 36.1. The van der Waals surface area contributed by atoms with E-state index in [9.17, 15) is 14.4 Å². The zero-order valence-electron chi connectivity index (χ0n) is 36.1. The molecule has 0 amide bonds. The molecule has 0 heterocycles. The summed E-state index contributed by atoms with van der Waals surface area (Å²) in [6, 6.07) is 0. The molecule has 0 fully saturated rings. The molecule has 0 radical (unpaired) electrons. The SMILES string of the molecule is CCCCCCCCCCCCCC(=O)O[C@@H](COC(=O)CCCCCCCCCCCCCC(C)C)COC(=O)CCCCCCCCC(C)CC. The normalized spacial score (nSPS) is 12.6. The van der Waals surface area contributed by atoms with Crippen LogP contribution in [-0.2, 0) is 28.6 Å². The van der Waals surface area contributed by atoms with Crippen molar-refractivity contribution in [1.82, 2.24) is 0 Å². The topological polar surface area (TPSA) is 78.9 Å². The van der Waals surface area contributed by atoms with Crippen LogP contribution in [0.25, 0.3) is 0 Å². The number of hydrogen-bond donors (Lipinski definition) is 0. The lowest BCUT2D eigenvalue weighted by atomic mass is 10.00. The summed E-state index contributed by atoms with van der Waals surface area (Å²) in [5, 5.41) is 0. The van der Waals surface area contributed by atoms with Gasteiger partial charge in [-0.25, -0.2) is 0 Å². The fourth-order valence-corrected chi connectivity index (χ4v) is 6.90. The minimum atomic E-state index is -0.760. The second kappa shape index (κ2) is 40.1. The van der Waals surface area contributed by atoms with E-state index in [0.717, 1.165) is 69.6 Å². The molecule has 0 rings (SSSR count). The van der Waals surface area contributed by atoms with Gasteiger partial charge < -0.3 is 14.2 Å². The molecular formula is C47H90O6. The summed E-state index contributed by atoms with van der Waals surface area (Å²) in [6.45, 7) is 11.3. The minimum Gasteiger partial charge on any atom is -0.462 e. The molecule has 0 aliphatic heterocycles. The van der Waals surface area contributed by atoms with Crippen molar-refractivity contribution in [3.05, 3.63) is 0 Å². The third-order valence-electron chi connectivity index (χ3n) is 10.8. The van der Waals surface area contributed by atoms with Crippen molar-refractivity contribution in [2.75, 3.05) is 13.2 Å². The van der Waals surface area contributed by atoms with Crippen LogP contribution in [0.1, 0.15) is 253 Å². The molecule has 53 heavy (non-hydrogen) atoms. The van der Waals surface area contributed by atoms with E-state index in [0.29, 0.717) is 19.3 Å². The van der Waals surface area contributed by atoms with E-state index >= 15 is 0 Å². The first-order chi connectivity index (χ1) is 25.8. The van der Waals surface area contributed by atoms with Crippen LogP contribution in [0.15, 0.2) is 0 Å². The van der Waals surface area contributed by atoms with E-state index in [1.807, 2.05) is 0 Å². The highest BCUT2D eigenvalue weighted by Crippen LogP contribution is 2.17. The van der Waals surface area contributed by atoms with Crippen LogP contribution in [0.5, 0.6) is 0 Å². The quantitative estimate of drug-likeness (QED) is 0.0352. The van der Waals surface area contributed by atoms with Crippen molar-refractivity contribution in [2.45, 2.75) is 259 Å². The number of hydrogen-bond acceptors (Lipinski definition) is 6. The Labute approximate surface area is 329 Å². The van der Waals surface area contributed by atoms with Gasteiger partial charge in [0, 0.05) is 19.3 Å². The molecule has 0 aromatic heterocycles. The Balaban J connectivity index is 4.33. The van der Waals surface area contributed by atoms with E-state index in [1.165, 1.54) is 141 Å². The predicted octanol–water partition coefficient (Wildman–Crippen LogP) is 14.6. The lowest BCUT2D eigenvalue weighted by molar-refractivity contribution is -0.167. The summed E-state index contributed by atoms with van der Waals surface area (Å²) in [7, 11) is 0. The molecule has 0 spiro atoms. The first kappa shape index (κ1) is 51.4. The fraction of sp³-hybridized carbons (Fsp3) is 0.936. The molecule has 0 aromatic rings. The van der Waals surface area contributed by atoms with E-state index in [-0.39, 0.29) is 31.1 Å². The highest BCUT2D eigenvalue weighted by Gasteiger charge is 2.19. The average molecular weight is 751 g/mol. The van der Waals surface area contributed by atoms with Gasteiger partial charge in [0.05, 0.1) is 0 Å². The second-order valence-corrected chi connectivity index (χ2v) is 16.8. The molecule has 0 saturated carbocycles. The Morgan fingerprint density at radius 1 is 0.396 bits per heavy atom. The molecule has 314 valence electrons. The summed E-state index contributed by atoms with van der Waals surface area (Å²) in [4.78, 5) is 37.7. The Hall–Kier alpha value is -1.59. The van der Waals surface area contributed by atoms with Crippen LogP contribution >= 0.6 is 0 Å². The molecule has 0 N–H and O–H groups in total. The van der Waals surface area contributed by atoms with Crippen LogP contribution in [0.4, 0.5) is 0 Å². The molecule has 0 aliphatic rings. The molecule has 0 saturated heterocycles. The number of esters is 3. The van der Waals surface area contributed by atoms with Crippen molar-refractivity contribution in [1.29, 1.82) is 0 Å². The third-order valence-corrected chi connectivity index (χ3v) is 10.8. The predicted molar refractivity (Wildman–Crippen MR) is 224 cm³/mol. The van der Waals surface area contributed by atoms with Gasteiger partial charge >= 0.3 is 17.9 Å². The number of rotatable bonds is 41. The van der Waals surface area contributed by atoms with Gasteiger partial charge in [-0.15, -0.1) is 0 Å². The highest BCUT2D eigenvalue weighted by molar-refractivity contribution is 5.71. The lowest BCUT2D eigenvalue weighted by Gasteiger charge is -2.18. The molecule has 2 atom stereocenters. The van der Waals surface area contributed by atoms with Crippen LogP contribution in [0.3, 0.4) is 0 Å². The molecular weight excluding hydrogens is 661 g/mol. The second-order valence-electron chi connectivity index (χ2n) is 16.8. The smallest absolute Gasteiger partial charge is 0.306 e. The van der Waals surface area contributed by atoms with Crippen molar-refractivity contribution in [3.63, 3.8) is 0 Å². The van der Waals surface area contributed by atoms with Crippen molar-refractivity contribution >= 4 is 17.9 Å². The molecule has 1 unspecified atom stereocenters. The maximum atomic E-state index is 12.7. The highest BCUT2D eigenvalue weighted by atomic mass is 16.6. The maximum absolute atomic E-state index is 12.7. The van der Waals surface area contributed by atoms with Gasteiger partial charge in [0.15, 0.2) is 6.10 Å². The largest absolute Gasteiger partial charge is 0.462 e. The monoisotopic (exact) mass is 751 g/mol. The first-order valence-corrected chi connectivity index (χ1v) is 23.3. The van der Waals surface area contributed by atoms with Crippen LogP contribution in [0.2, 0.25) is 0 Å². The van der Waals surface area contributed by atoms with Gasteiger partial charge in [0.1, 0.15) is 13.2 Å². The summed E-state index contributed by atoms with van der Waals surface area (Å²) in [5.74, 6) is 0.782. The van der Waals surface area contributed by atoms with Crippen molar-refractivity contribution < 1.29 is 28.6 Å². The third kappa shape index (κ3) is 39.9. The molecule has 6 heteroatoms. The molecule has 0 bridgehead atoms. The standard InChI is InChI=1S/C47H90O6/c1-6-8-9-10-11-12-14-19-22-29-34-39-47(50)53-44(41-52-46(49)38-33-28-24-23-26-31-36-43(5)7-2)40-51-45(48)37-32-27-21-18-16-13-15-17-20-25-30-35-42(3)4/h42-44H,6-41H2,1-5H3/t43?,44-/m0/s1. The number of carbonyl (C=O) groups excluding carboxylic acids is 3. The summed E-state index contributed by atoms with van der Waals surface area (Å²) in [6.07, 6.45) is 38.0. The van der Waals surface area contributed by atoms with Gasteiger partial charge in [-0.2, -0.15) is 0 Å². The zero-order chi connectivity index (χ0) is 39.0. The van der Waals surface area contributed by atoms with Crippen LogP contribution in [-0.4, -0.2) is 37.2 Å². The first-order valence-electron chi connectivity index (χ1n) is 23.3. The van der Waals surface area contributed by atoms with Gasteiger partial charge in [0.2, 0.25) is 0 Å². The summed E-state index contributed by atoms with van der Waals surface area (Å²) < 4.78 is 16.7. The Morgan fingerprint density at radius 3 is 1.08 bits per heavy atom. The van der Waals surface area contributed by atoms with Gasteiger partial charge in [-0.1, -0.05) is 214 Å².